The van der Waals surface area contributed by atoms with Gasteiger partial charge in [0.15, 0.2) is 11.0 Å². The Bertz CT molecular complexity index is 595. The summed E-state index contributed by atoms with van der Waals surface area (Å²) in [5, 5.41) is 17.7. The van der Waals surface area contributed by atoms with E-state index in [4.69, 9.17) is 5.11 Å². The van der Waals surface area contributed by atoms with E-state index in [0.717, 1.165) is 24.4 Å². The first-order chi connectivity index (χ1) is 9.25. The fourth-order valence-electron chi connectivity index (χ4n) is 1.83. The van der Waals surface area contributed by atoms with Gasteiger partial charge in [0, 0.05) is 12.2 Å². The Hall–Kier alpha value is -1.89. The molecule has 19 heavy (non-hydrogen) atoms. The molecule has 1 N–H and O–H groups in total. The molecule has 6 nitrogen and oxygen atoms in total. The SMILES string of the molecule is O=C(O)CSc1nnc(-c2ccccn2)n1C1CC1. The highest BCUT2D eigenvalue weighted by molar-refractivity contribution is 7.99. The van der Waals surface area contributed by atoms with Crippen LogP contribution in [-0.2, 0) is 4.79 Å². The predicted octanol–water partition coefficient (Wildman–Crippen LogP) is 1.85. The summed E-state index contributed by atoms with van der Waals surface area (Å²) in [6.45, 7) is 0. The Balaban J connectivity index is 1.94. The highest BCUT2D eigenvalue weighted by Gasteiger charge is 2.30. The average molecular weight is 276 g/mol. The van der Waals surface area contributed by atoms with Crippen LogP contribution in [0.5, 0.6) is 0 Å². The van der Waals surface area contributed by atoms with E-state index in [2.05, 4.69) is 15.2 Å². The Morgan fingerprint density at radius 2 is 2.26 bits per heavy atom. The van der Waals surface area contributed by atoms with E-state index in [1.54, 1.807) is 6.20 Å². The number of carboxylic acids is 1. The minimum absolute atomic E-state index is 0.00687. The van der Waals surface area contributed by atoms with E-state index in [1.165, 1.54) is 11.8 Å². The van der Waals surface area contributed by atoms with E-state index < -0.39 is 5.97 Å². The molecule has 0 atom stereocenters. The van der Waals surface area contributed by atoms with Crippen LogP contribution < -0.4 is 0 Å². The van der Waals surface area contributed by atoms with Crippen LogP contribution in [0.4, 0.5) is 0 Å². The first kappa shape index (κ1) is 12.2. The molecule has 1 saturated carbocycles. The number of carboxylic acid groups (broad SMARTS) is 1. The van der Waals surface area contributed by atoms with Gasteiger partial charge in [0.2, 0.25) is 0 Å². The summed E-state index contributed by atoms with van der Waals surface area (Å²) in [6.07, 6.45) is 3.88. The average Bonchev–Trinajstić information content (AvgIpc) is 3.17. The van der Waals surface area contributed by atoms with Gasteiger partial charge in [-0.1, -0.05) is 17.8 Å². The van der Waals surface area contributed by atoms with E-state index >= 15 is 0 Å². The largest absolute Gasteiger partial charge is 0.481 e. The first-order valence-electron chi connectivity index (χ1n) is 5.96. The smallest absolute Gasteiger partial charge is 0.313 e. The maximum atomic E-state index is 10.7. The molecule has 2 aromatic rings. The van der Waals surface area contributed by atoms with Crippen LogP contribution in [0.3, 0.4) is 0 Å². The van der Waals surface area contributed by atoms with Gasteiger partial charge in [0.05, 0.1) is 5.75 Å². The van der Waals surface area contributed by atoms with Crippen molar-refractivity contribution < 1.29 is 9.90 Å². The quantitative estimate of drug-likeness (QED) is 0.839. The summed E-state index contributed by atoms with van der Waals surface area (Å²) in [4.78, 5) is 14.9. The zero-order valence-electron chi connectivity index (χ0n) is 10.1. The van der Waals surface area contributed by atoms with Gasteiger partial charge in [-0.2, -0.15) is 0 Å². The lowest BCUT2D eigenvalue weighted by Gasteiger charge is -2.07. The molecule has 0 saturated heterocycles. The molecule has 1 aliphatic rings. The topological polar surface area (TPSA) is 80.9 Å². The van der Waals surface area contributed by atoms with Crippen molar-refractivity contribution in [3.05, 3.63) is 24.4 Å². The van der Waals surface area contributed by atoms with Gasteiger partial charge in [-0.05, 0) is 25.0 Å². The van der Waals surface area contributed by atoms with Gasteiger partial charge in [0.1, 0.15) is 5.69 Å². The van der Waals surface area contributed by atoms with Crippen molar-refractivity contribution in [3.63, 3.8) is 0 Å². The number of carbonyl (C=O) groups is 1. The van der Waals surface area contributed by atoms with Crippen LogP contribution in [0.15, 0.2) is 29.6 Å². The number of aromatic nitrogens is 4. The highest BCUT2D eigenvalue weighted by atomic mass is 32.2. The molecule has 0 aliphatic heterocycles. The molecule has 0 bridgehead atoms. The molecule has 1 fully saturated rings. The highest BCUT2D eigenvalue weighted by Crippen LogP contribution is 2.40. The molecule has 0 amide bonds. The van der Waals surface area contributed by atoms with Crippen LogP contribution in [0.2, 0.25) is 0 Å². The number of thioether (sulfide) groups is 1. The Morgan fingerprint density at radius 1 is 1.42 bits per heavy atom. The minimum Gasteiger partial charge on any atom is -0.481 e. The molecule has 0 unspecified atom stereocenters. The lowest BCUT2D eigenvalue weighted by molar-refractivity contribution is -0.133. The third-order valence-corrected chi connectivity index (χ3v) is 3.72. The fraction of sp³-hybridized carbons (Fsp3) is 0.333. The van der Waals surface area contributed by atoms with Crippen LogP contribution in [0.25, 0.3) is 11.5 Å². The number of aliphatic carboxylic acids is 1. The molecule has 2 aromatic heterocycles. The zero-order chi connectivity index (χ0) is 13.2. The summed E-state index contributed by atoms with van der Waals surface area (Å²) < 4.78 is 2.01. The van der Waals surface area contributed by atoms with Crippen LogP contribution in [0.1, 0.15) is 18.9 Å². The van der Waals surface area contributed by atoms with Crippen LogP contribution in [-0.4, -0.2) is 36.6 Å². The Labute approximate surface area is 113 Å². The van der Waals surface area contributed by atoms with Crippen molar-refractivity contribution in [2.24, 2.45) is 0 Å². The van der Waals surface area contributed by atoms with Crippen molar-refractivity contribution >= 4 is 17.7 Å². The van der Waals surface area contributed by atoms with Crippen LogP contribution in [0, 0.1) is 0 Å². The summed E-state index contributed by atoms with van der Waals surface area (Å²) in [6, 6.07) is 6.01. The monoisotopic (exact) mass is 276 g/mol. The minimum atomic E-state index is -0.852. The number of pyridine rings is 1. The first-order valence-corrected chi connectivity index (χ1v) is 6.95. The maximum absolute atomic E-state index is 10.7. The number of hydrogen-bond donors (Lipinski definition) is 1. The second kappa shape index (κ2) is 5.00. The molecule has 2 heterocycles. The van der Waals surface area contributed by atoms with Crippen molar-refractivity contribution in [2.75, 3.05) is 5.75 Å². The maximum Gasteiger partial charge on any atom is 0.313 e. The normalized spacial score (nSPS) is 14.5. The predicted molar refractivity (Wildman–Crippen MR) is 69.9 cm³/mol. The Kier molecular flexibility index (Phi) is 3.20. The van der Waals surface area contributed by atoms with Gasteiger partial charge in [0.25, 0.3) is 0 Å². The third-order valence-electron chi connectivity index (χ3n) is 2.80. The number of rotatable bonds is 5. The van der Waals surface area contributed by atoms with E-state index in [1.807, 2.05) is 22.8 Å². The van der Waals surface area contributed by atoms with Crippen molar-refractivity contribution in [2.45, 2.75) is 24.0 Å². The third kappa shape index (κ3) is 2.60. The summed E-state index contributed by atoms with van der Waals surface area (Å²) in [5.41, 5.74) is 0.768. The second-order valence-corrected chi connectivity index (χ2v) is 5.25. The van der Waals surface area contributed by atoms with Crippen molar-refractivity contribution in [3.8, 4) is 11.5 Å². The molecular weight excluding hydrogens is 264 g/mol. The lowest BCUT2D eigenvalue weighted by atomic mass is 10.3. The van der Waals surface area contributed by atoms with E-state index in [0.29, 0.717) is 11.2 Å². The van der Waals surface area contributed by atoms with Gasteiger partial charge in [-0.15, -0.1) is 10.2 Å². The van der Waals surface area contributed by atoms with E-state index in [-0.39, 0.29) is 5.75 Å². The molecule has 3 rings (SSSR count). The van der Waals surface area contributed by atoms with Gasteiger partial charge in [-0.25, -0.2) is 0 Å². The summed E-state index contributed by atoms with van der Waals surface area (Å²) in [5.74, 6) is -0.140. The van der Waals surface area contributed by atoms with Crippen LogP contribution >= 0.6 is 11.8 Å². The summed E-state index contributed by atoms with van der Waals surface area (Å²) in [7, 11) is 0. The molecular formula is C12H12N4O2S. The molecule has 0 radical (unpaired) electrons. The van der Waals surface area contributed by atoms with E-state index in [9.17, 15) is 4.79 Å². The number of hydrogen-bond acceptors (Lipinski definition) is 5. The van der Waals surface area contributed by atoms with Gasteiger partial charge in [-0.3, -0.25) is 14.3 Å². The Morgan fingerprint density at radius 3 is 2.89 bits per heavy atom. The molecule has 98 valence electrons. The lowest BCUT2D eigenvalue weighted by Crippen LogP contribution is -2.03. The van der Waals surface area contributed by atoms with Gasteiger partial charge < -0.3 is 5.11 Å². The molecule has 7 heteroatoms. The fourth-order valence-corrected chi connectivity index (χ4v) is 2.56. The second-order valence-electron chi connectivity index (χ2n) is 4.30. The molecule has 0 aromatic carbocycles. The molecule has 0 spiro atoms. The van der Waals surface area contributed by atoms with Crippen molar-refractivity contribution in [1.82, 2.24) is 19.7 Å². The van der Waals surface area contributed by atoms with Gasteiger partial charge >= 0.3 is 5.97 Å². The standard InChI is InChI=1S/C12H12N4O2S/c17-10(18)7-19-12-15-14-11(16(12)8-4-5-8)9-3-1-2-6-13-9/h1-3,6,8H,4-5,7H2,(H,17,18). The zero-order valence-corrected chi connectivity index (χ0v) is 10.9. The summed E-state index contributed by atoms with van der Waals surface area (Å²) >= 11 is 1.20. The molecule has 1 aliphatic carbocycles. The number of nitrogens with zero attached hydrogens (tertiary/aromatic N) is 4. The van der Waals surface area contributed by atoms with Crippen molar-refractivity contribution in [1.29, 1.82) is 0 Å².